The lowest BCUT2D eigenvalue weighted by molar-refractivity contribution is 0.230. The summed E-state index contributed by atoms with van der Waals surface area (Å²) in [5.41, 5.74) is 4.37. The summed E-state index contributed by atoms with van der Waals surface area (Å²) >= 11 is 3.50. The van der Waals surface area contributed by atoms with Gasteiger partial charge in [-0.15, -0.1) is 0 Å². The molecule has 118 valence electrons. The lowest BCUT2D eigenvalue weighted by atomic mass is 10.1. The van der Waals surface area contributed by atoms with E-state index in [2.05, 4.69) is 55.7 Å². The maximum Gasteiger partial charge on any atom is 0.137 e. The SMILES string of the molecule is [2H]N1CCN(Cc2c(-c3ccc(Br)cc3)nc3ccccn23)CC1. The number of rotatable bonds is 3. The van der Waals surface area contributed by atoms with Gasteiger partial charge in [0.25, 0.3) is 0 Å². The summed E-state index contributed by atoms with van der Waals surface area (Å²) in [7, 11) is 0. The predicted molar refractivity (Wildman–Crippen MR) is 96.5 cm³/mol. The fourth-order valence-electron chi connectivity index (χ4n) is 3.05. The molecule has 1 aliphatic heterocycles. The second-order valence-electron chi connectivity index (χ2n) is 5.79. The molecule has 1 saturated heterocycles. The minimum absolute atomic E-state index is 0.796. The quantitative estimate of drug-likeness (QED) is 0.767. The third-order valence-electron chi connectivity index (χ3n) is 4.27. The third-order valence-corrected chi connectivity index (χ3v) is 4.80. The van der Waals surface area contributed by atoms with Crippen molar-refractivity contribution < 1.29 is 1.41 Å². The second-order valence-corrected chi connectivity index (χ2v) is 6.71. The van der Waals surface area contributed by atoms with Crippen molar-refractivity contribution in [3.63, 3.8) is 0 Å². The molecule has 0 aliphatic carbocycles. The maximum atomic E-state index is 7.72. The molecule has 0 bridgehead atoms. The largest absolute Gasteiger partial charge is 0.314 e. The Bertz CT molecular complexity index is 838. The summed E-state index contributed by atoms with van der Waals surface area (Å²) in [5.74, 6) is 0. The van der Waals surface area contributed by atoms with E-state index < -0.39 is 0 Å². The molecule has 0 unspecified atom stereocenters. The van der Waals surface area contributed by atoms with E-state index in [1.165, 1.54) is 5.69 Å². The van der Waals surface area contributed by atoms with Gasteiger partial charge >= 0.3 is 0 Å². The molecule has 1 N–H and O–H groups in total. The molecule has 0 radical (unpaired) electrons. The van der Waals surface area contributed by atoms with E-state index >= 15 is 0 Å². The minimum atomic E-state index is 0.796. The van der Waals surface area contributed by atoms with Crippen molar-refractivity contribution in [2.75, 3.05) is 26.2 Å². The summed E-state index contributed by atoms with van der Waals surface area (Å²) in [4.78, 5) is 7.27. The van der Waals surface area contributed by atoms with Crippen LogP contribution in [0.3, 0.4) is 0 Å². The molecular formula is C18H19BrN4. The summed E-state index contributed by atoms with van der Waals surface area (Å²) in [6.45, 7) is 4.28. The van der Waals surface area contributed by atoms with Gasteiger partial charge in [0.05, 0.1) is 11.4 Å². The monoisotopic (exact) mass is 371 g/mol. The van der Waals surface area contributed by atoms with Crippen molar-refractivity contribution in [1.82, 2.24) is 19.6 Å². The van der Waals surface area contributed by atoms with Crippen LogP contribution in [0.25, 0.3) is 16.9 Å². The first-order valence-corrected chi connectivity index (χ1v) is 8.68. The number of pyridine rings is 1. The van der Waals surface area contributed by atoms with Crippen LogP contribution in [0.4, 0.5) is 0 Å². The van der Waals surface area contributed by atoms with E-state index in [1.54, 1.807) is 5.31 Å². The molecule has 0 atom stereocenters. The van der Waals surface area contributed by atoms with Crippen LogP contribution >= 0.6 is 15.9 Å². The third kappa shape index (κ3) is 3.04. The molecule has 23 heavy (non-hydrogen) atoms. The molecule has 4 rings (SSSR count). The van der Waals surface area contributed by atoms with Crippen LogP contribution in [0.15, 0.2) is 53.1 Å². The number of nitrogens with one attached hydrogen (secondary N) is 1. The lowest BCUT2D eigenvalue weighted by Gasteiger charge is -2.27. The van der Waals surface area contributed by atoms with Gasteiger partial charge in [-0.25, -0.2) is 4.98 Å². The highest BCUT2D eigenvalue weighted by atomic mass is 79.9. The maximum absolute atomic E-state index is 7.72. The molecule has 1 aromatic carbocycles. The molecule has 0 spiro atoms. The molecular weight excluding hydrogens is 352 g/mol. The predicted octanol–water partition coefficient (Wildman–Crippen LogP) is 3.17. The highest BCUT2D eigenvalue weighted by Crippen LogP contribution is 2.27. The zero-order chi connectivity index (χ0) is 16.5. The average molecular weight is 372 g/mol. The smallest absolute Gasteiger partial charge is 0.137 e. The molecule has 0 amide bonds. The van der Waals surface area contributed by atoms with E-state index in [4.69, 9.17) is 6.40 Å². The van der Waals surface area contributed by atoms with Gasteiger partial charge in [0.1, 0.15) is 7.06 Å². The summed E-state index contributed by atoms with van der Waals surface area (Å²) in [6.07, 6.45) is 2.08. The topological polar surface area (TPSA) is 32.6 Å². The number of hydrogen-bond donors (Lipinski definition) is 1. The van der Waals surface area contributed by atoms with Gasteiger partial charge in [-0.2, -0.15) is 0 Å². The summed E-state index contributed by atoms with van der Waals surface area (Å²) in [5, 5.41) is 1.64. The highest BCUT2D eigenvalue weighted by molar-refractivity contribution is 9.10. The Morgan fingerprint density at radius 3 is 2.70 bits per heavy atom. The molecule has 2 aromatic heterocycles. The zero-order valence-corrected chi connectivity index (χ0v) is 14.4. The Hall–Kier alpha value is -1.69. The number of hydrogen-bond acceptors (Lipinski definition) is 3. The first-order valence-electron chi connectivity index (χ1n) is 8.33. The number of piperazine rings is 1. The van der Waals surface area contributed by atoms with E-state index in [-0.39, 0.29) is 0 Å². The lowest BCUT2D eigenvalue weighted by Crippen LogP contribution is -2.43. The molecule has 3 heterocycles. The van der Waals surface area contributed by atoms with Crippen LogP contribution in [-0.4, -0.2) is 40.5 Å². The van der Waals surface area contributed by atoms with Gasteiger partial charge in [-0.3, -0.25) is 4.90 Å². The van der Waals surface area contributed by atoms with Crippen molar-refractivity contribution >= 4 is 21.6 Å². The van der Waals surface area contributed by atoms with Gasteiger partial charge in [0, 0.05) is 49.0 Å². The molecule has 4 nitrogen and oxygen atoms in total. The van der Waals surface area contributed by atoms with Gasteiger partial charge in [0.2, 0.25) is 0 Å². The van der Waals surface area contributed by atoms with Crippen molar-refractivity contribution in [2.24, 2.45) is 0 Å². The Morgan fingerprint density at radius 1 is 1.13 bits per heavy atom. The molecule has 1 fully saturated rings. The Labute approximate surface area is 145 Å². The number of aromatic nitrogens is 2. The number of fused-ring (bicyclic) bond motifs is 1. The van der Waals surface area contributed by atoms with Crippen LogP contribution in [-0.2, 0) is 6.54 Å². The number of imidazole rings is 1. The van der Waals surface area contributed by atoms with Crippen LogP contribution in [0.5, 0.6) is 0 Å². The first kappa shape index (κ1) is 13.7. The van der Waals surface area contributed by atoms with Crippen molar-refractivity contribution in [2.45, 2.75) is 6.54 Å². The summed E-state index contributed by atoms with van der Waals surface area (Å²) in [6, 6.07) is 14.5. The normalized spacial score (nSPS) is 17.5. The number of benzene rings is 1. The van der Waals surface area contributed by atoms with E-state index in [0.717, 1.165) is 54.1 Å². The average Bonchev–Trinajstić information content (AvgIpc) is 2.96. The van der Waals surface area contributed by atoms with Crippen molar-refractivity contribution in [3.8, 4) is 11.3 Å². The minimum Gasteiger partial charge on any atom is -0.314 e. The van der Waals surface area contributed by atoms with Gasteiger partial charge in [-0.1, -0.05) is 34.1 Å². The molecule has 1 aliphatic rings. The molecule has 0 saturated carbocycles. The Morgan fingerprint density at radius 2 is 1.91 bits per heavy atom. The Kier molecular flexibility index (Phi) is 3.84. The molecule has 5 heteroatoms. The van der Waals surface area contributed by atoms with Crippen LogP contribution in [0.2, 0.25) is 1.41 Å². The van der Waals surface area contributed by atoms with Gasteiger partial charge in [-0.05, 0) is 24.3 Å². The number of halogens is 1. The molecule has 3 aromatic rings. The fraction of sp³-hybridized carbons (Fsp3) is 0.278. The van der Waals surface area contributed by atoms with E-state index in [1.807, 2.05) is 18.2 Å². The van der Waals surface area contributed by atoms with Crippen LogP contribution in [0.1, 0.15) is 5.69 Å². The Balaban J connectivity index is 1.74. The van der Waals surface area contributed by atoms with Crippen LogP contribution in [0, 0.1) is 0 Å². The van der Waals surface area contributed by atoms with Gasteiger partial charge < -0.3 is 9.71 Å². The van der Waals surface area contributed by atoms with E-state index in [9.17, 15) is 0 Å². The zero-order valence-electron chi connectivity index (χ0n) is 13.8. The second kappa shape index (κ2) is 6.43. The highest BCUT2D eigenvalue weighted by Gasteiger charge is 2.18. The van der Waals surface area contributed by atoms with Crippen molar-refractivity contribution in [1.29, 1.82) is 0 Å². The standard InChI is InChI=1S/C18H19BrN4/c19-15-6-4-14(5-7-15)18-16(13-22-11-8-20-9-12-22)23-10-2-1-3-17(23)21-18/h1-7,10,20H,8-9,11-13H2/i/hD. The number of nitrogens with zero attached hydrogens (tertiary/aromatic N) is 3. The first-order chi connectivity index (χ1) is 11.7. The fourth-order valence-corrected chi connectivity index (χ4v) is 3.32. The summed E-state index contributed by atoms with van der Waals surface area (Å²) < 4.78 is 11.0. The van der Waals surface area contributed by atoms with Crippen molar-refractivity contribution in [3.05, 3.63) is 58.8 Å². The van der Waals surface area contributed by atoms with E-state index in [0.29, 0.717) is 0 Å². The van der Waals surface area contributed by atoms with Crippen LogP contribution < -0.4 is 5.31 Å². The van der Waals surface area contributed by atoms with Gasteiger partial charge in [0.15, 0.2) is 0 Å².